The second kappa shape index (κ2) is 6.53. The molecule has 0 bridgehead atoms. The number of hydrogen-bond donors (Lipinski definition) is 0. The van der Waals surface area contributed by atoms with Crippen LogP contribution in [0.1, 0.15) is 35.4 Å². The average molecular weight is 315 g/mol. The molecule has 2 aromatic rings. The standard InChI is InChI=1S/C18H21NO2S/c1-13-16-10-12-22-17(16)9-11-19(13)18(20)8-5-14-3-6-15(21-2)7-4-14/h3-4,6-7,10,12-13H,5,8-9,11H2,1-2H3/t13-/m0/s1. The van der Waals surface area contributed by atoms with Crippen LogP contribution in [0.3, 0.4) is 0 Å². The summed E-state index contributed by atoms with van der Waals surface area (Å²) in [7, 11) is 1.66. The zero-order chi connectivity index (χ0) is 15.5. The van der Waals surface area contributed by atoms with Gasteiger partial charge >= 0.3 is 0 Å². The van der Waals surface area contributed by atoms with Crippen molar-refractivity contribution < 1.29 is 9.53 Å². The Kier molecular flexibility index (Phi) is 4.48. The Bertz CT molecular complexity index is 647. The van der Waals surface area contributed by atoms with Crippen LogP contribution in [0.5, 0.6) is 5.75 Å². The summed E-state index contributed by atoms with van der Waals surface area (Å²) in [6.45, 7) is 2.98. The van der Waals surface area contributed by atoms with Crippen molar-refractivity contribution in [3.63, 3.8) is 0 Å². The number of methoxy groups -OCH3 is 1. The molecule has 3 rings (SSSR count). The van der Waals surface area contributed by atoms with E-state index in [-0.39, 0.29) is 11.9 Å². The summed E-state index contributed by atoms with van der Waals surface area (Å²) in [5.74, 6) is 1.10. The first-order valence-electron chi connectivity index (χ1n) is 7.67. The lowest BCUT2D eigenvalue weighted by atomic mass is 10.0. The summed E-state index contributed by atoms with van der Waals surface area (Å²) >= 11 is 1.81. The van der Waals surface area contributed by atoms with Crippen LogP contribution >= 0.6 is 11.3 Å². The highest BCUT2D eigenvalue weighted by molar-refractivity contribution is 7.10. The Morgan fingerprint density at radius 3 is 2.82 bits per heavy atom. The predicted octanol–water partition coefficient (Wildman–Crippen LogP) is 3.84. The highest BCUT2D eigenvalue weighted by Gasteiger charge is 2.27. The number of carbonyl (C=O) groups excluding carboxylic acids is 1. The Labute approximate surface area is 135 Å². The number of fused-ring (bicyclic) bond motifs is 1. The molecule has 0 fully saturated rings. The Morgan fingerprint density at radius 1 is 1.32 bits per heavy atom. The maximum absolute atomic E-state index is 12.5. The molecule has 1 amide bonds. The third-order valence-electron chi connectivity index (χ3n) is 4.38. The highest BCUT2D eigenvalue weighted by Crippen LogP contribution is 2.33. The largest absolute Gasteiger partial charge is 0.497 e. The lowest BCUT2D eigenvalue weighted by Crippen LogP contribution is -2.38. The van der Waals surface area contributed by atoms with E-state index in [4.69, 9.17) is 4.74 Å². The maximum atomic E-state index is 12.5. The van der Waals surface area contributed by atoms with E-state index in [0.717, 1.165) is 25.1 Å². The highest BCUT2D eigenvalue weighted by atomic mass is 32.1. The predicted molar refractivity (Wildman–Crippen MR) is 89.5 cm³/mol. The van der Waals surface area contributed by atoms with Gasteiger partial charge in [-0.3, -0.25) is 4.79 Å². The van der Waals surface area contributed by atoms with Crippen LogP contribution < -0.4 is 4.74 Å². The van der Waals surface area contributed by atoms with Crippen LogP contribution in [0.15, 0.2) is 35.7 Å². The molecule has 116 valence electrons. The number of thiophene rings is 1. The van der Waals surface area contributed by atoms with Crippen molar-refractivity contribution in [2.75, 3.05) is 13.7 Å². The summed E-state index contributed by atoms with van der Waals surface area (Å²) in [5, 5.41) is 2.13. The van der Waals surface area contributed by atoms with Gasteiger partial charge in [0.1, 0.15) is 5.75 Å². The van der Waals surface area contributed by atoms with Crippen LogP contribution in [-0.2, 0) is 17.6 Å². The maximum Gasteiger partial charge on any atom is 0.223 e. The molecule has 1 aromatic heterocycles. The third-order valence-corrected chi connectivity index (χ3v) is 5.38. The Balaban J connectivity index is 1.60. The molecule has 1 aliphatic rings. The third kappa shape index (κ3) is 3.02. The number of nitrogens with zero attached hydrogens (tertiary/aromatic N) is 1. The molecule has 22 heavy (non-hydrogen) atoms. The number of benzene rings is 1. The van der Waals surface area contributed by atoms with Crippen LogP contribution in [-0.4, -0.2) is 24.5 Å². The molecule has 2 heterocycles. The summed E-state index contributed by atoms with van der Waals surface area (Å²) < 4.78 is 5.16. The smallest absolute Gasteiger partial charge is 0.223 e. The van der Waals surface area contributed by atoms with Gasteiger partial charge in [-0.25, -0.2) is 0 Å². The molecule has 0 N–H and O–H groups in total. The fourth-order valence-corrected chi connectivity index (χ4v) is 4.00. The van der Waals surface area contributed by atoms with Gasteiger partial charge in [-0.1, -0.05) is 12.1 Å². The molecule has 0 radical (unpaired) electrons. The molecule has 0 spiro atoms. The summed E-state index contributed by atoms with van der Waals surface area (Å²) in [6.07, 6.45) is 2.34. The molecule has 3 nitrogen and oxygen atoms in total. The second-order valence-electron chi connectivity index (χ2n) is 5.66. The fourth-order valence-electron chi connectivity index (χ4n) is 3.04. The molecule has 1 atom stereocenters. The summed E-state index contributed by atoms with van der Waals surface area (Å²) in [4.78, 5) is 16.0. The van der Waals surface area contributed by atoms with Crippen LogP contribution in [0.4, 0.5) is 0 Å². The minimum absolute atomic E-state index is 0.207. The quantitative estimate of drug-likeness (QED) is 0.858. The molecular weight excluding hydrogens is 294 g/mol. The van der Waals surface area contributed by atoms with Crippen molar-refractivity contribution >= 4 is 17.2 Å². The molecule has 0 unspecified atom stereocenters. The van der Waals surface area contributed by atoms with E-state index >= 15 is 0 Å². The van der Waals surface area contributed by atoms with Gasteiger partial charge in [0, 0.05) is 17.8 Å². The number of rotatable bonds is 4. The minimum atomic E-state index is 0.207. The monoisotopic (exact) mass is 315 g/mol. The molecule has 1 aliphatic heterocycles. The number of carbonyl (C=O) groups is 1. The molecule has 0 saturated heterocycles. The molecule has 1 aromatic carbocycles. The fraction of sp³-hybridized carbons (Fsp3) is 0.389. The topological polar surface area (TPSA) is 29.5 Å². The number of aryl methyl sites for hydroxylation is 1. The zero-order valence-corrected chi connectivity index (χ0v) is 13.9. The van der Waals surface area contributed by atoms with Crippen molar-refractivity contribution in [1.82, 2.24) is 4.90 Å². The van der Waals surface area contributed by atoms with Gasteiger partial charge in [-0.05, 0) is 54.5 Å². The lowest BCUT2D eigenvalue weighted by molar-refractivity contribution is -0.133. The van der Waals surface area contributed by atoms with E-state index in [2.05, 4.69) is 18.4 Å². The SMILES string of the molecule is COc1ccc(CCC(=O)N2CCc3sccc3[C@@H]2C)cc1. The molecule has 0 saturated carbocycles. The van der Waals surface area contributed by atoms with E-state index in [1.54, 1.807) is 18.4 Å². The Morgan fingerprint density at radius 2 is 2.09 bits per heavy atom. The number of hydrogen-bond acceptors (Lipinski definition) is 3. The van der Waals surface area contributed by atoms with Gasteiger partial charge in [-0.2, -0.15) is 0 Å². The Hall–Kier alpha value is -1.81. The summed E-state index contributed by atoms with van der Waals surface area (Å²) in [5.41, 5.74) is 2.50. The van der Waals surface area contributed by atoms with Crippen LogP contribution in [0.2, 0.25) is 0 Å². The van der Waals surface area contributed by atoms with Crippen LogP contribution in [0.25, 0.3) is 0 Å². The van der Waals surface area contributed by atoms with E-state index in [1.165, 1.54) is 16.0 Å². The van der Waals surface area contributed by atoms with E-state index in [0.29, 0.717) is 6.42 Å². The van der Waals surface area contributed by atoms with Gasteiger partial charge in [0.25, 0.3) is 0 Å². The lowest BCUT2D eigenvalue weighted by Gasteiger charge is -2.33. The first-order chi connectivity index (χ1) is 10.7. The molecule has 4 heteroatoms. The van der Waals surface area contributed by atoms with Gasteiger partial charge in [0.15, 0.2) is 0 Å². The van der Waals surface area contributed by atoms with E-state index in [9.17, 15) is 4.79 Å². The number of ether oxygens (including phenoxy) is 1. The molecule has 0 aliphatic carbocycles. The number of amides is 1. The first-order valence-corrected chi connectivity index (χ1v) is 8.55. The first kappa shape index (κ1) is 15.1. The van der Waals surface area contributed by atoms with Crippen molar-refractivity contribution in [2.24, 2.45) is 0 Å². The van der Waals surface area contributed by atoms with Crippen molar-refractivity contribution in [3.8, 4) is 5.75 Å². The van der Waals surface area contributed by atoms with Gasteiger partial charge < -0.3 is 9.64 Å². The zero-order valence-electron chi connectivity index (χ0n) is 13.0. The van der Waals surface area contributed by atoms with E-state index < -0.39 is 0 Å². The van der Waals surface area contributed by atoms with Crippen molar-refractivity contribution in [1.29, 1.82) is 0 Å². The summed E-state index contributed by atoms with van der Waals surface area (Å²) in [6, 6.07) is 10.3. The van der Waals surface area contributed by atoms with Crippen molar-refractivity contribution in [2.45, 2.75) is 32.2 Å². The normalized spacial score (nSPS) is 17.2. The second-order valence-corrected chi connectivity index (χ2v) is 6.66. The van der Waals surface area contributed by atoms with Gasteiger partial charge in [0.05, 0.1) is 13.2 Å². The van der Waals surface area contributed by atoms with Crippen LogP contribution in [0, 0.1) is 0 Å². The van der Waals surface area contributed by atoms with Crippen molar-refractivity contribution in [3.05, 3.63) is 51.7 Å². The molecular formula is C18H21NO2S. The van der Waals surface area contributed by atoms with Gasteiger partial charge in [-0.15, -0.1) is 11.3 Å². The average Bonchev–Trinajstić information content (AvgIpc) is 3.03. The minimum Gasteiger partial charge on any atom is -0.497 e. The van der Waals surface area contributed by atoms with Gasteiger partial charge in [0.2, 0.25) is 5.91 Å². The van der Waals surface area contributed by atoms with E-state index in [1.807, 2.05) is 29.2 Å².